The number of fused-ring (bicyclic) bond motifs is 1. The van der Waals surface area contributed by atoms with Crippen LogP contribution >= 0.6 is 0 Å². The molecule has 1 N–H and O–H groups in total. The zero-order valence-corrected chi connectivity index (χ0v) is 14.6. The molecule has 1 saturated heterocycles. The average molecular weight is 350 g/mol. The number of nitrogens with zero attached hydrogens (tertiary/aromatic N) is 3. The zero-order valence-electron chi connectivity index (χ0n) is 14.6. The third kappa shape index (κ3) is 3.69. The molecule has 0 unspecified atom stereocenters. The highest BCUT2D eigenvalue weighted by Gasteiger charge is 2.27. The van der Waals surface area contributed by atoms with E-state index in [0.717, 1.165) is 49.1 Å². The summed E-state index contributed by atoms with van der Waals surface area (Å²) >= 11 is 0. The minimum Gasteiger partial charge on any atom is -0.423 e. The van der Waals surface area contributed by atoms with Crippen molar-refractivity contribution in [2.24, 2.45) is 5.92 Å². The molecule has 6 nitrogen and oxygen atoms in total. The first kappa shape index (κ1) is 16.6. The molecule has 1 aromatic carbocycles. The highest BCUT2D eigenvalue weighted by Crippen LogP contribution is 2.26. The number of hydrogen-bond acceptors (Lipinski definition) is 5. The second kappa shape index (κ2) is 7.56. The largest absolute Gasteiger partial charge is 0.423 e. The van der Waals surface area contributed by atoms with E-state index in [2.05, 4.69) is 20.2 Å². The van der Waals surface area contributed by atoms with Gasteiger partial charge in [-0.1, -0.05) is 18.2 Å². The first-order valence-electron chi connectivity index (χ1n) is 9.08. The van der Waals surface area contributed by atoms with E-state index in [1.54, 1.807) is 6.20 Å². The molecular weight excluding hydrogens is 328 g/mol. The van der Waals surface area contributed by atoms with Crippen LogP contribution in [0.3, 0.4) is 0 Å². The molecule has 0 spiro atoms. The Morgan fingerprint density at radius 3 is 2.73 bits per heavy atom. The summed E-state index contributed by atoms with van der Waals surface area (Å²) in [7, 11) is 0. The number of para-hydroxylation sites is 2. The number of anilines is 1. The van der Waals surface area contributed by atoms with Gasteiger partial charge in [0.05, 0.1) is 0 Å². The third-order valence-electron chi connectivity index (χ3n) is 4.83. The van der Waals surface area contributed by atoms with E-state index >= 15 is 0 Å². The molecule has 1 amide bonds. The van der Waals surface area contributed by atoms with Crippen LogP contribution in [0, 0.1) is 5.92 Å². The molecule has 1 aliphatic heterocycles. The lowest BCUT2D eigenvalue weighted by molar-refractivity contribution is -0.125. The quantitative estimate of drug-likeness (QED) is 0.766. The van der Waals surface area contributed by atoms with E-state index in [4.69, 9.17) is 4.42 Å². The maximum atomic E-state index is 12.4. The fourth-order valence-corrected chi connectivity index (χ4v) is 3.33. The molecule has 3 aromatic rings. The maximum Gasteiger partial charge on any atom is 0.298 e. The van der Waals surface area contributed by atoms with Gasteiger partial charge in [-0.3, -0.25) is 9.78 Å². The molecule has 26 heavy (non-hydrogen) atoms. The normalized spacial score (nSPS) is 15.3. The summed E-state index contributed by atoms with van der Waals surface area (Å²) in [6, 6.07) is 14.3. The Bertz CT molecular complexity index is 837. The van der Waals surface area contributed by atoms with Crippen molar-refractivity contribution in [2.45, 2.75) is 19.3 Å². The van der Waals surface area contributed by atoms with Crippen molar-refractivity contribution in [3.05, 3.63) is 54.4 Å². The van der Waals surface area contributed by atoms with Crippen molar-refractivity contribution in [3.8, 4) is 0 Å². The Labute approximate surface area is 152 Å². The molecule has 1 fully saturated rings. The van der Waals surface area contributed by atoms with Crippen LogP contribution in [0.5, 0.6) is 0 Å². The smallest absolute Gasteiger partial charge is 0.298 e. The summed E-state index contributed by atoms with van der Waals surface area (Å²) in [5, 5.41) is 3.04. The van der Waals surface area contributed by atoms with E-state index in [9.17, 15) is 4.79 Å². The molecule has 0 saturated carbocycles. The van der Waals surface area contributed by atoms with Crippen molar-refractivity contribution in [3.63, 3.8) is 0 Å². The van der Waals surface area contributed by atoms with Gasteiger partial charge in [0.25, 0.3) is 6.01 Å². The summed E-state index contributed by atoms with van der Waals surface area (Å²) in [6.07, 6.45) is 4.16. The Morgan fingerprint density at radius 1 is 1.15 bits per heavy atom. The molecule has 2 aromatic heterocycles. The van der Waals surface area contributed by atoms with Crippen molar-refractivity contribution in [1.82, 2.24) is 15.3 Å². The number of pyridine rings is 1. The van der Waals surface area contributed by atoms with Crippen LogP contribution in [0.1, 0.15) is 18.5 Å². The Balaban J connectivity index is 1.27. The van der Waals surface area contributed by atoms with Crippen LogP contribution in [-0.2, 0) is 11.2 Å². The number of hydrogen-bond donors (Lipinski definition) is 1. The van der Waals surface area contributed by atoms with Gasteiger partial charge in [0.1, 0.15) is 5.52 Å². The van der Waals surface area contributed by atoms with Gasteiger partial charge in [-0.15, -0.1) is 0 Å². The maximum absolute atomic E-state index is 12.4. The second-order valence-corrected chi connectivity index (χ2v) is 6.59. The van der Waals surface area contributed by atoms with E-state index in [1.807, 2.05) is 42.5 Å². The number of benzene rings is 1. The van der Waals surface area contributed by atoms with Gasteiger partial charge in [0.2, 0.25) is 5.91 Å². The van der Waals surface area contributed by atoms with Gasteiger partial charge in [-0.25, -0.2) is 0 Å². The fourth-order valence-electron chi connectivity index (χ4n) is 3.33. The molecule has 1 aliphatic rings. The highest BCUT2D eigenvalue weighted by molar-refractivity contribution is 5.79. The van der Waals surface area contributed by atoms with Gasteiger partial charge >= 0.3 is 0 Å². The minimum atomic E-state index is 0.0550. The first-order chi connectivity index (χ1) is 12.8. The Morgan fingerprint density at radius 2 is 1.96 bits per heavy atom. The van der Waals surface area contributed by atoms with Crippen LogP contribution in [0.25, 0.3) is 11.1 Å². The SMILES string of the molecule is O=C(NCCc1ccccn1)C1CCN(c2nc3ccccc3o2)CC1. The average Bonchev–Trinajstić information content (AvgIpc) is 3.13. The molecule has 0 radical (unpaired) electrons. The van der Waals surface area contributed by atoms with Crippen LogP contribution < -0.4 is 10.2 Å². The van der Waals surface area contributed by atoms with Crippen LogP contribution in [0.15, 0.2) is 53.1 Å². The lowest BCUT2D eigenvalue weighted by Crippen LogP contribution is -2.41. The summed E-state index contributed by atoms with van der Waals surface area (Å²) in [5.41, 5.74) is 2.67. The van der Waals surface area contributed by atoms with Crippen LogP contribution in [-0.4, -0.2) is 35.5 Å². The van der Waals surface area contributed by atoms with Crippen molar-refractivity contribution >= 4 is 23.0 Å². The number of piperidine rings is 1. The Kier molecular flexibility index (Phi) is 4.82. The lowest BCUT2D eigenvalue weighted by Gasteiger charge is -2.30. The van der Waals surface area contributed by atoms with Gasteiger partial charge in [-0.05, 0) is 37.1 Å². The molecule has 4 rings (SSSR count). The van der Waals surface area contributed by atoms with Crippen LogP contribution in [0.2, 0.25) is 0 Å². The number of carbonyl (C=O) groups is 1. The lowest BCUT2D eigenvalue weighted by atomic mass is 9.96. The van der Waals surface area contributed by atoms with Gasteiger partial charge in [0.15, 0.2) is 5.58 Å². The molecule has 0 aliphatic carbocycles. The van der Waals surface area contributed by atoms with Crippen LogP contribution in [0.4, 0.5) is 6.01 Å². The molecule has 3 heterocycles. The minimum absolute atomic E-state index is 0.0550. The van der Waals surface area contributed by atoms with E-state index in [1.165, 1.54) is 0 Å². The second-order valence-electron chi connectivity index (χ2n) is 6.59. The molecule has 0 atom stereocenters. The number of aromatic nitrogens is 2. The number of oxazole rings is 1. The third-order valence-corrected chi connectivity index (χ3v) is 4.83. The van der Waals surface area contributed by atoms with Gasteiger partial charge < -0.3 is 14.6 Å². The molecule has 134 valence electrons. The summed E-state index contributed by atoms with van der Waals surface area (Å²) in [4.78, 5) is 23.3. The number of nitrogens with one attached hydrogen (secondary N) is 1. The first-order valence-corrected chi connectivity index (χ1v) is 9.08. The zero-order chi connectivity index (χ0) is 17.8. The van der Waals surface area contributed by atoms with E-state index < -0.39 is 0 Å². The molecule has 6 heteroatoms. The standard InChI is InChI=1S/C20H22N4O2/c25-19(22-12-8-16-5-3-4-11-21-16)15-9-13-24(14-10-15)20-23-17-6-1-2-7-18(17)26-20/h1-7,11,15H,8-10,12-14H2,(H,22,25). The number of carbonyl (C=O) groups excluding carboxylic acids is 1. The topological polar surface area (TPSA) is 71.3 Å². The van der Waals surface area contributed by atoms with Crippen molar-refractivity contribution in [1.29, 1.82) is 0 Å². The molecule has 0 bridgehead atoms. The Hall–Kier alpha value is -2.89. The van der Waals surface area contributed by atoms with E-state index in [-0.39, 0.29) is 11.8 Å². The highest BCUT2D eigenvalue weighted by atomic mass is 16.4. The number of rotatable bonds is 5. The summed E-state index contributed by atoms with van der Waals surface area (Å²) < 4.78 is 5.82. The van der Waals surface area contributed by atoms with Gasteiger partial charge in [-0.2, -0.15) is 4.98 Å². The predicted molar refractivity (Wildman–Crippen MR) is 99.9 cm³/mol. The monoisotopic (exact) mass is 350 g/mol. The fraction of sp³-hybridized carbons (Fsp3) is 0.350. The summed E-state index contributed by atoms with van der Waals surface area (Å²) in [6.45, 7) is 2.19. The van der Waals surface area contributed by atoms with Gasteiger partial charge in [0, 0.05) is 43.9 Å². The number of amides is 1. The van der Waals surface area contributed by atoms with E-state index in [0.29, 0.717) is 12.6 Å². The predicted octanol–water partition coefficient (Wildman–Crippen LogP) is 2.80. The van der Waals surface area contributed by atoms with Crippen molar-refractivity contribution < 1.29 is 9.21 Å². The molecular formula is C20H22N4O2. The summed E-state index contributed by atoms with van der Waals surface area (Å²) in [5.74, 6) is 0.192. The van der Waals surface area contributed by atoms with Crippen molar-refractivity contribution in [2.75, 3.05) is 24.5 Å².